The summed E-state index contributed by atoms with van der Waals surface area (Å²) in [6.07, 6.45) is 7.90. The molecule has 2 aromatic carbocycles. The Balaban J connectivity index is 1.61. The number of hydrogen-bond acceptors (Lipinski definition) is 4. The zero-order chi connectivity index (χ0) is 21.2. The van der Waals surface area contributed by atoms with Gasteiger partial charge in [0.2, 0.25) is 0 Å². The summed E-state index contributed by atoms with van der Waals surface area (Å²) in [5.74, 6) is 0. The lowest BCUT2D eigenvalue weighted by atomic mass is 9.98. The van der Waals surface area contributed by atoms with Crippen LogP contribution >= 0.6 is 0 Å². The fourth-order valence-corrected chi connectivity index (χ4v) is 4.38. The molecule has 0 saturated heterocycles. The number of rotatable bonds is 6. The molecule has 1 unspecified atom stereocenters. The first-order valence-electron chi connectivity index (χ1n) is 10.7. The normalized spacial score (nSPS) is 14.1. The summed E-state index contributed by atoms with van der Waals surface area (Å²) in [4.78, 5) is 11.5. The van der Waals surface area contributed by atoms with Crippen LogP contribution in [0.4, 0.5) is 11.4 Å². The van der Waals surface area contributed by atoms with E-state index < -0.39 is 0 Å². The molecule has 5 rings (SSSR count). The van der Waals surface area contributed by atoms with Gasteiger partial charge in [-0.05, 0) is 47.7 Å². The first-order valence-corrected chi connectivity index (χ1v) is 10.7. The number of methoxy groups -OCH3 is 1. The van der Waals surface area contributed by atoms with Gasteiger partial charge in [-0.15, -0.1) is 0 Å². The lowest BCUT2D eigenvalue weighted by molar-refractivity contribution is 0.188. The van der Waals surface area contributed by atoms with Crippen molar-refractivity contribution in [3.63, 3.8) is 0 Å². The number of para-hydroxylation sites is 1. The fraction of sp³-hybridized carbons (Fsp3) is 0.231. The van der Waals surface area contributed by atoms with Gasteiger partial charge in [-0.25, -0.2) is 0 Å². The molecule has 1 atom stereocenters. The van der Waals surface area contributed by atoms with Gasteiger partial charge in [0, 0.05) is 49.5 Å². The molecule has 3 heterocycles. The maximum absolute atomic E-state index is 5.29. The fourth-order valence-electron chi connectivity index (χ4n) is 4.38. The molecule has 31 heavy (non-hydrogen) atoms. The van der Waals surface area contributed by atoms with Gasteiger partial charge < -0.3 is 14.2 Å². The average molecular weight is 411 g/mol. The molecule has 0 saturated carbocycles. The van der Waals surface area contributed by atoms with Crippen molar-refractivity contribution in [2.75, 3.05) is 25.2 Å². The number of benzene rings is 2. The quantitative estimate of drug-likeness (QED) is 0.413. The van der Waals surface area contributed by atoms with Crippen molar-refractivity contribution in [3.8, 4) is 11.1 Å². The van der Waals surface area contributed by atoms with Crippen LogP contribution < -0.4 is 4.90 Å². The third kappa shape index (κ3) is 3.62. The maximum atomic E-state index is 5.29. The van der Waals surface area contributed by atoms with Crippen molar-refractivity contribution in [2.45, 2.75) is 19.5 Å². The number of nitrogens with zero attached hydrogens (tertiary/aromatic N) is 4. The van der Waals surface area contributed by atoms with Gasteiger partial charge in [-0.3, -0.25) is 9.98 Å². The van der Waals surface area contributed by atoms with E-state index in [0.29, 0.717) is 6.61 Å². The second-order valence-electron chi connectivity index (χ2n) is 7.88. The molecule has 0 spiro atoms. The molecule has 0 N–H and O–H groups in total. The minimum Gasteiger partial charge on any atom is -0.383 e. The third-order valence-corrected chi connectivity index (χ3v) is 6.07. The van der Waals surface area contributed by atoms with E-state index >= 15 is 0 Å². The summed E-state index contributed by atoms with van der Waals surface area (Å²) in [6, 6.07) is 19.6. The molecule has 156 valence electrons. The summed E-state index contributed by atoms with van der Waals surface area (Å²) in [7, 11) is 1.74. The molecule has 0 bridgehead atoms. The zero-order valence-electron chi connectivity index (χ0n) is 17.9. The summed E-state index contributed by atoms with van der Waals surface area (Å²) in [5, 5.41) is 1.24. The number of ether oxygens (including phenoxy) is 1. The van der Waals surface area contributed by atoms with E-state index in [1.54, 1.807) is 7.11 Å². The second-order valence-corrected chi connectivity index (χ2v) is 7.88. The standard InChI is InChI=1S/C26H26N4O/c1-19(22-5-4-11-27-18-22)30-14-12-28-24-7-3-6-23(26(24)30)21-9-8-20-10-13-29(15-16-31-2)25(20)17-21/h3-13,17-19H,14-16H2,1-2H3. The van der Waals surface area contributed by atoms with Crippen LogP contribution in [0.3, 0.4) is 0 Å². The van der Waals surface area contributed by atoms with Crippen LogP contribution in [-0.2, 0) is 11.3 Å². The van der Waals surface area contributed by atoms with Gasteiger partial charge in [0.25, 0.3) is 0 Å². The van der Waals surface area contributed by atoms with Crippen molar-refractivity contribution in [1.82, 2.24) is 9.55 Å². The first kappa shape index (κ1) is 19.5. The predicted molar refractivity (Wildman–Crippen MR) is 127 cm³/mol. The smallest absolute Gasteiger partial charge is 0.0866 e. The number of hydrogen-bond donors (Lipinski definition) is 0. The Kier molecular flexibility index (Phi) is 5.26. The third-order valence-electron chi connectivity index (χ3n) is 6.07. The van der Waals surface area contributed by atoms with Gasteiger partial charge >= 0.3 is 0 Å². The molecule has 0 fully saturated rings. The van der Waals surface area contributed by atoms with E-state index in [0.717, 1.165) is 18.8 Å². The highest BCUT2D eigenvalue weighted by Crippen LogP contribution is 2.44. The minimum absolute atomic E-state index is 0.189. The highest BCUT2D eigenvalue weighted by Gasteiger charge is 2.24. The number of anilines is 1. The molecule has 5 heteroatoms. The van der Waals surface area contributed by atoms with Crippen molar-refractivity contribution in [1.29, 1.82) is 0 Å². The van der Waals surface area contributed by atoms with Gasteiger partial charge in [0.05, 0.1) is 30.6 Å². The molecular formula is C26H26N4O. The van der Waals surface area contributed by atoms with E-state index in [2.05, 4.69) is 76.1 Å². The van der Waals surface area contributed by atoms with Crippen LogP contribution in [-0.4, -0.2) is 36.0 Å². The lowest BCUT2D eigenvalue weighted by Gasteiger charge is -2.35. The SMILES string of the molecule is COCCn1ccc2ccc(-c3cccc4c3N(C(C)c3cccnc3)CC=N4)cc21. The van der Waals surface area contributed by atoms with Crippen molar-refractivity contribution in [3.05, 3.63) is 78.8 Å². The highest BCUT2D eigenvalue weighted by molar-refractivity contribution is 5.95. The van der Waals surface area contributed by atoms with Crippen molar-refractivity contribution < 1.29 is 4.74 Å². The van der Waals surface area contributed by atoms with Gasteiger partial charge in [0.15, 0.2) is 0 Å². The maximum Gasteiger partial charge on any atom is 0.0866 e. The predicted octanol–water partition coefficient (Wildman–Crippen LogP) is 5.63. The van der Waals surface area contributed by atoms with Crippen LogP contribution in [0.5, 0.6) is 0 Å². The molecule has 1 aliphatic heterocycles. The Morgan fingerprint density at radius 3 is 2.87 bits per heavy atom. The molecule has 0 amide bonds. The zero-order valence-corrected chi connectivity index (χ0v) is 17.9. The van der Waals surface area contributed by atoms with Crippen molar-refractivity contribution in [2.24, 2.45) is 4.99 Å². The largest absolute Gasteiger partial charge is 0.383 e. The Morgan fingerprint density at radius 1 is 1.10 bits per heavy atom. The van der Waals surface area contributed by atoms with E-state index in [1.807, 2.05) is 24.7 Å². The highest BCUT2D eigenvalue weighted by atomic mass is 16.5. The topological polar surface area (TPSA) is 42.6 Å². The Morgan fingerprint density at radius 2 is 2.03 bits per heavy atom. The lowest BCUT2D eigenvalue weighted by Crippen LogP contribution is -2.31. The molecule has 4 aromatic rings. The Hall–Kier alpha value is -3.44. The molecule has 2 aromatic heterocycles. The van der Waals surface area contributed by atoms with E-state index in [-0.39, 0.29) is 6.04 Å². The summed E-state index contributed by atoms with van der Waals surface area (Å²) >= 11 is 0. The first-order chi connectivity index (χ1) is 15.3. The number of pyridine rings is 1. The number of aromatic nitrogens is 2. The molecule has 0 aliphatic carbocycles. The summed E-state index contributed by atoms with van der Waals surface area (Å²) in [5.41, 5.74) is 7.00. The molecule has 1 aliphatic rings. The van der Waals surface area contributed by atoms with Crippen LogP contribution in [0.2, 0.25) is 0 Å². The molecule has 5 nitrogen and oxygen atoms in total. The van der Waals surface area contributed by atoms with E-state index in [9.17, 15) is 0 Å². The van der Waals surface area contributed by atoms with Crippen molar-refractivity contribution >= 4 is 28.5 Å². The van der Waals surface area contributed by atoms with Gasteiger partial charge in [-0.1, -0.05) is 30.3 Å². The van der Waals surface area contributed by atoms with Gasteiger partial charge in [0.1, 0.15) is 0 Å². The Labute approximate surface area is 182 Å². The van der Waals surface area contributed by atoms with Crippen LogP contribution in [0.15, 0.2) is 78.2 Å². The summed E-state index contributed by atoms with van der Waals surface area (Å²) in [6.45, 7) is 4.53. The van der Waals surface area contributed by atoms with Crippen LogP contribution in [0, 0.1) is 0 Å². The van der Waals surface area contributed by atoms with E-state index in [4.69, 9.17) is 9.73 Å². The summed E-state index contributed by atoms with van der Waals surface area (Å²) < 4.78 is 7.54. The van der Waals surface area contributed by atoms with E-state index in [1.165, 1.54) is 33.3 Å². The van der Waals surface area contributed by atoms with Crippen LogP contribution in [0.1, 0.15) is 18.5 Å². The number of aliphatic imine (C=N–C) groups is 1. The van der Waals surface area contributed by atoms with Gasteiger partial charge in [-0.2, -0.15) is 0 Å². The van der Waals surface area contributed by atoms with Crippen LogP contribution in [0.25, 0.3) is 22.0 Å². The average Bonchev–Trinajstić information content (AvgIpc) is 3.24. The Bertz CT molecular complexity index is 1230. The molecule has 0 radical (unpaired) electrons. The minimum atomic E-state index is 0.189. The monoisotopic (exact) mass is 410 g/mol. The second kappa shape index (κ2) is 8.36. The number of fused-ring (bicyclic) bond motifs is 2. The molecular weight excluding hydrogens is 384 g/mol.